The van der Waals surface area contributed by atoms with Crippen LogP contribution in [0.1, 0.15) is 26.0 Å². The minimum absolute atomic E-state index is 0.0847. The first kappa shape index (κ1) is 14.6. The Kier molecular flexibility index (Phi) is 5.73. The zero-order chi connectivity index (χ0) is 13.5. The number of aliphatic hydroxyl groups is 1. The molecule has 1 atom stereocenters. The normalized spacial score (nSPS) is 12.7. The zero-order valence-electron chi connectivity index (χ0n) is 10.8. The van der Waals surface area contributed by atoms with Gasteiger partial charge in [-0.3, -0.25) is 4.79 Å². The van der Waals surface area contributed by atoms with Gasteiger partial charge in [0.05, 0.1) is 18.0 Å². The molecule has 1 rings (SSSR count). The second-order valence-electron chi connectivity index (χ2n) is 4.70. The average Bonchev–Trinajstić information content (AvgIpc) is 2.73. The number of aromatic nitrogens is 3. The molecule has 0 fully saturated rings. The summed E-state index contributed by atoms with van der Waals surface area (Å²) < 4.78 is 1.42. The van der Waals surface area contributed by atoms with Crippen molar-refractivity contribution in [2.24, 2.45) is 11.7 Å². The third-order valence-corrected chi connectivity index (χ3v) is 2.38. The van der Waals surface area contributed by atoms with Gasteiger partial charge in [-0.1, -0.05) is 19.1 Å². The average molecular weight is 255 g/mol. The van der Waals surface area contributed by atoms with Crippen LogP contribution in [-0.4, -0.2) is 38.7 Å². The number of hydrogen-bond donors (Lipinski definition) is 3. The molecule has 0 saturated carbocycles. The van der Waals surface area contributed by atoms with E-state index in [9.17, 15) is 9.90 Å². The molecule has 1 heterocycles. The fraction of sp³-hybridized carbons (Fsp3) is 0.727. The van der Waals surface area contributed by atoms with E-state index in [1.807, 2.05) is 13.8 Å². The van der Waals surface area contributed by atoms with E-state index < -0.39 is 6.10 Å². The maximum absolute atomic E-state index is 11.6. The topological polar surface area (TPSA) is 106 Å². The summed E-state index contributed by atoms with van der Waals surface area (Å²) in [7, 11) is 0. The summed E-state index contributed by atoms with van der Waals surface area (Å²) in [5, 5.41) is 19.8. The molecule has 0 aliphatic carbocycles. The predicted octanol–water partition coefficient (Wildman–Crippen LogP) is -0.740. The number of carbonyl (C=O) groups is 1. The third-order valence-electron chi connectivity index (χ3n) is 2.38. The number of nitrogens with two attached hydrogens (primary N) is 1. The highest BCUT2D eigenvalue weighted by Crippen LogP contribution is 2.03. The highest BCUT2D eigenvalue weighted by atomic mass is 16.3. The van der Waals surface area contributed by atoms with E-state index in [0.29, 0.717) is 24.6 Å². The van der Waals surface area contributed by atoms with Gasteiger partial charge in [0.1, 0.15) is 6.54 Å². The minimum Gasteiger partial charge on any atom is -0.391 e. The van der Waals surface area contributed by atoms with Gasteiger partial charge in [-0.05, 0) is 12.3 Å². The molecule has 1 aromatic rings. The molecule has 1 amide bonds. The van der Waals surface area contributed by atoms with Crippen molar-refractivity contribution >= 4 is 5.91 Å². The molecule has 7 nitrogen and oxygen atoms in total. The van der Waals surface area contributed by atoms with Gasteiger partial charge in [-0.25, -0.2) is 4.68 Å². The van der Waals surface area contributed by atoms with Crippen LogP contribution in [0.4, 0.5) is 0 Å². The van der Waals surface area contributed by atoms with Crippen molar-refractivity contribution in [3.63, 3.8) is 0 Å². The summed E-state index contributed by atoms with van der Waals surface area (Å²) in [4.78, 5) is 11.6. The molecule has 1 unspecified atom stereocenters. The van der Waals surface area contributed by atoms with Gasteiger partial charge in [-0.15, -0.1) is 5.10 Å². The second kappa shape index (κ2) is 7.07. The number of nitrogens with one attached hydrogen (secondary N) is 1. The molecule has 0 aliphatic heterocycles. The molecule has 0 radical (unpaired) electrons. The van der Waals surface area contributed by atoms with E-state index in [0.717, 1.165) is 0 Å². The molecule has 18 heavy (non-hydrogen) atoms. The summed E-state index contributed by atoms with van der Waals surface area (Å²) in [6, 6.07) is 0. The van der Waals surface area contributed by atoms with Crippen molar-refractivity contribution in [3.8, 4) is 0 Å². The first-order chi connectivity index (χ1) is 8.51. The van der Waals surface area contributed by atoms with Crippen molar-refractivity contribution in [3.05, 3.63) is 11.9 Å². The molecule has 0 aromatic carbocycles. The Bertz CT molecular complexity index is 377. The van der Waals surface area contributed by atoms with E-state index in [4.69, 9.17) is 5.73 Å². The minimum atomic E-state index is -0.510. The Labute approximate surface area is 106 Å². The molecule has 0 spiro atoms. The highest BCUT2D eigenvalue weighted by Gasteiger charge is 2.10. The number of aliphatic hydroxyl groups excluding tert-OH is 1. The molecule has 102 valence electrons. The van der Waals surface area contributed by atoms with E-state index in [2.05, 4.69) is 15.6 Å². The largest absolute Gasteiger partial charge is 0.391 e. The predicted molar refractivity (Wildman–Crippen MR) is 66.4 cm³/mol. The Balaban J connectivity index is 2.29. The van der Waals surface area contributed by atoms with Gasteiger partial charge < -0.3 is 16.2 Å². The summed E-state index contributed by atoms with van der Waals surface area (Å²) >= 11 is 0. The Hall–Kier alpha value is -1.47. The van der Waals surface area contributed by atoms with Gasteiger partial charge >= 0.3 is 0 Å². The highest BCUT2D eigenvalue weighted by molar-refractivity contribution is 5.75. The first-order valence-corrected chi connectivity index (χ1v) is 6.05. The van der Waals surface area contributed by atoms with Gasteiger partial charge in [0.15, 0.2) is 0 Å². The first-order valence-electron chi connectivity index (χ1n) is 6.05. The second-order valence-corrected chi connectivity index (χ2v) is 4.70. The summed E-state index contributed by atoms with van der Waals surface area (Å²) in [6.07, 6.45) is 1.79. The van der Waals surface area contributed by atoms with Crippen molar-refractivity contribution in [2.75, 3.05) is 6.54 Å². The molecular weight excluding hydrogens is 234 g/mol. The van der Waals surface area contributed by atoms with Crippen LogP contribution in [0.2, 0.25) is 0 Å². The number of amides is 1. The van der Waals surface area contributed by atoms with Crippen LogP contribution in [0.5, 0.6) is 0 Å². The number of rotatable bonds is 7. The monoisotopic (exact) mass is 255 g/mol. The SMILES string of the molecule is CC(C)CC(O)CNC(=O)Cn1cc(CN)nn1. The summed E-state index contributed by atoms with van der Waals surface area (Å²) in [6.45, 7) is 4.69. The van der Waals surface area contributed by atoms with Crippen LogP contribution < -0.4 is 11.1 Å². The molecule has 4 N–H and O–H groups in total. The summed E-state index contributed by atoms with van der Waals surface area (Å²) in [5.74, 6) is 0.200. The van der Waals surface area contributed by atoms with Crippen LogP contribution in [0.3, 0.4) is 0 Å². The molecular formula is C11H21N5O2. The van der Waals surface area contributed by atoms with Crippen LogP contribution in [0, 0.1) is 5.92 Å². The van der Waals surface area contributed by atoms with E-state index in [1.165, 1.54) is 4.68 Å². The molecule has 0 aliphatic rings. The molecule has 0 bridgehead atoms. The number of hydrogen-bond acceptors (Lipinski definition) is 5. The maximum atomic E-state index is 11.6. The van der Waals surface area contributed by atoms with Crippen molar-refractivity contribution < 1.29 is 9.90 Å². The lowest BCUT2D eigenvalue weighted by Gasteiger charge is -2.13. The number of nitrogens with zero attached hydrogens (tertiary/aromatic N) is 3. The van der Waals surface area contributed by atoms with Crippen LogP contribution in [-0.2, 0) is 17.9 Å². The standard InChI is InChI=1S/C11H21N5O2/c1-8(2)3-10(17)5-13-11(18)7-16-6-9(4-12)14-15-16/h6,8,10,17H,3-5,7,12H2,1-2H3,(H,13,18). The lowest BCUT2D eigenvalue weighted by Crippen LogP contribution is -2.35. The Morgan fingerprint density at radius 2 is 2.33 bits per heavy atom. The van der Waals surface area contributed by atoms with Gasteiger partial charge in [-0.2, -0.15) is 0 Å². The smallest absolute Gasteiger partial charge is 0.241 e. The van der Waals surface area contributed by atoms with Gasteiger partial charge in [0, 0.05) is 13.1 Å². The lowest BCUT2D eigenvalue weighted by molar-refractivity contribution is -0.122. The quantitative estimate of drug-likeness (QED) is 0.595. The van der Waals surface area contributed by atoms with E-state index >= 15 is 0 Å². The van der Waals surface area contributed by atoms with Crippen LogP contribution in [0.15, 0.2) is 6.20 Å². The van der Waals surface area contributed by atoms with Crippen LogP contribution in [0.25, 0.3) is 0 Å². The molecule has 7 heteroatoms. The summed E-state index contributed by atoms with van der Waals surface area (Å²) in [5.41, 5.74) is 6.03. The van der Waals surface area contributed by atoms with E-state index in [-0.39, 0.29) is 19.0 Å². The lowest BCUT2D eigenvalue weighted by atomic mass is 10.1. The van der Waals surface area contributed by atoms with Crippen molar-refractivity contribution in [1.29, 1.82) is 0 Å². The Morgan fingerprint density at radius 3 is 2.89 bits per heavy atom. The molecule has 1 aromatic heterocycles. The molecule has 0 saturated heterocycles. The van der Waals surface area contributed by atoms with Crippen molar-refractivity contribution in [2.45, 2.75) is 39.5 Å². The van der Waals surface area contributed by atoms with Gasteiger partial charge in [0.2, 0.25) is 5.91 Å². The van der Waals surface area contributed by atoms with E-state index in [1.54, 1.807) is 6.20 Å². The fourth-order valence-corrected chi connectivity index (χ4v) is 1.57. The zero-order valence-corrected chi connectivity index (χ0v) is 10.8. The van der Waals surface area contributed by atoms with Crippen molar-refractivity contribution in [1.82, 2.24) is 20.3 Å². The van der Waals surface area contributed by atoms with Crippen LogP contribution >= 0.6 is 0 Å². The Morgan fingerprint density at radius 1 is 1.61 bits per heavy atom. The fourth-order valence-electron chi connectivity index (χ4n) is 1.57. The number of carbonyl (C=O) groups excluding carboxylic acids is 1. The maximum Gasteiger partial charge on any atom is 0.241 e. The van der Waals surface area contributed by atoms with Gasteiger partial charge in [0.25, 0.3) is 0 Å². The third kappa shape index (κ3) is 5.24.